The minimum absolute atomic E-state index is 0.00870. The molecule has 0 fully saturated rings. The van der Waals surface area contributed by atoms with E-state index in [-0.39, 0.29) is 10.6 Å². The number of rotatable bonds is 8. The maximum atomic E-state index is 13.6. The largest absolute Gasteiger partial charge is 0.385 e. The van der Waals surface area contributed by atoms with E-state index in [1.165, 1.54) is 12.1 Å². The van der Waals surface area contributed by atoms with E-state index in [0.717, 1.165) is 10.6 Å². The molecule has 0 spiro atoms. The summed E-state index contributed by atoms with van der Waals surface area (Å²) in [6, 6.07) is 20.0. The van der Waals surface area contributed by atoms with Crippen LogP contribution in [-0.4, -0.2) is 39.0 Å². The molecule has 3 aromatic carbocycles. The van der Waals surface area contributed by atoms with Crippen LogP contribution in [0.2, 0.25) is 10.0 Å². The van der Waals surface area contributed by atoms with Gasteiger partial charge in [0.15, 0.2) is 6.29 Å². The van der Waals surface area contributed by atoms with Crippen LogP contribution in [0.3, 0.4) is 0 Å². The van der Waals surface area contributed by atoms with Crippen LogP contribution >= 0.6 is 31.4 Å². The number of ether oxygens (including phenoxy) is 1. The van der Waals surface area contributed by atoms with Crippen LogP contribution in [0.25, 0.3) is 10.9 Å². The summed E-state index contributed by atoms with van der Waals surface area (Å²) in [4.78, 5) is 12.5. The Balaban J connectivity index is 0.000000840. The first-order valence-corrected chi connectivity index (χ1v) is 14.5. The number of methoxy groups -OCH3 is 1. The number of aldehydes is 1. The minimum atomic E-state index is -4.08. The Bertz CT molecular complexity index is 1440. The van der Waals surface area contributed by atoms with Crippen LogP contribution in [0, 0.1) is 0 Å². The second-order valence-corrected chi connectivity index (χ2v) is 11.7. The summed E-state index contributed by atoms with van der Waals surface area (Å²) in [6.45, 7) is 4.95. The number of hydrogen-bond donors (Lipinski definition) is 0. The topological polar surface area (TPSA) is 74.6 Å². The molecule has 0 N–H and O–H groups in total. The number of nitrogens with zero attached hydrogens (tertiary/aromatic N) is 1. The summed E-state index contributed by atoms with van der Waals surface area (Å²) in [5.74, 6) is 0. The number of halogens is 2. The van der Waals surface area contributed by atoms with Gasteiger partial charge in [-0.15, -0.1) is 0 Å². The first-order chi connectivity index (χ1) is 17.3. The number of aromatic nitrogens is 1. The normalized spacial score (nSPS) is 12.1. The molecule has 0 aliphatic rings. The van der Waals surface area contributed by atoms with Crippen molar-refractivity contribution < 1.29 is 22.5 Å². The molecule has 1 atom stereocenters. The molecule has 0 radical (unpaired) electrons. The van der Waals surface area contributed by atoms with Crippen molar-refractivity contribution in [3.8, 4) is 0 Å². The maximum absolute atomic E-state index is 13.6. The van der Waals surface area contributed by atoms with Gasteiger partial charge < -0.3 is 9.26 Å². The molecule has 36 heavy (non-hydrogen) atoms. The molecule has 4 rings (SSSR count). The fourth-order valence-electron chi connectivity index (χ4n) is 3.51. The van der Waals surface area contributed by atoms with E-state index in [0.29, 0.717) is 44.5 Å². The highest BCUT2D eigenvalue weighted by Crippen LogP contribution is 2.43. The van der Waals surface area contributed by atoms with Gasteiger partial charge in [0, 0.05) is 41.3 Å². The van der Waals surface area contributed by atoms with Gasteiger partial charge in [-0.25, -0.2) is 12.4 Å². The summed E-state index contributed by atoms with van der Waals surface area (Å²) >= 11 is 12.8. The van der Waals surface area contributed by atoms with Crippen LogP contribution in [0.4, 0.5) is 0 Å². The lowest BCUT2D eigenvalue weighted by atomic mass is 10.2. The van der Waals surface area contributed by atoms with Gasteiger partial charge in [0.05, 0.1) is 23.6 Å². The van der Waals surface area contributed by atoms with Crippen molar-refractivity contribution in [1.82, 2.24) is 3.97 Å². The van der Waals surface area contributed by atoms with E-state index in [2.05, 4.69) is 4.74 Å². The molecular weight excluding hydrogens is 540 g/mol. The minimum Gasteiger partial charge on any atom is -0.385 e. The van der Waals surface area contributed by atoms with Crippen molar-refractivity contribution in [2.24, 2.45) is 0 Å². The predicted octanol–water partition coefficient (Wildman–Crippen LogP) is 6.03. The Morgan fingerprint density at radius 1 is 0.944 bits per heavy atom. The van der Waals surface area contributed by atoms with Crippen LogP contribution in [0.15, 0.2) is 77.7 Å². The number of fused-ring (bicyclic) bond motifs is 1. The van der Waals surface area contributed by atoms with Crippen LogP contribution in [0.1, 0.15) is 24.3 Å². The molecule has 0 saturated heterocycles. The number of carbonyl (C=O) groups is 1. The highest BCUT2D eigenvalue weighted by molar-refractivity contribution is 7.90. The molecule has 1 unspecified atom stereocenters. The SMILES string of the molecule is CCOC.CCOP(c1ccccc1Cl)c1c(C=O)n(S(=O)(=O)c2ccccc2)c2ccc(Cl)cc12. The van der Waals surface area contributed by atoms with Crippen LogP contribution in [0.5, 0.6) is 0 Å². The van der Waals surface area contributed by atoms with Crippen molar-refractivity contribution in [3.63, 3.8) is 0 Å². The average molecular weight is 566 g/mol. The van der Waals surface area contributed by atoms with Gasteiger partial charge in [0.2, 0.25) is 0 Å². The lowest BCUT2D eigenvalue weighted by molar-refractivity contribution is 0.111. The molecule has 4 aromatic rings. The first kappa shape index (κ1) is 28.3. The molecule has 0 saturated carbocycles. The fraction of sp³-hybridized carbons (Fsp3) is 0.192. The standard InChI is InChI=1S/C23H18Cl2NO4PS.C3H8O/c1-2-30-31(22-11-7-6-10-19(22)25)23-18-14-16(24)12-13-20(18)26(21(23)15-27)32(28,29)17-8-4-3-5-9-17;1-3-4-2/h3-15H,2H2,1H3;3H2,1-2H3. The van der Waals surface area contributed by atoms with Gasteiger partial charge >= 0.3 is 0 Å². The Hall–Kier alpha value is -2.25. The smallest absolute Gasteiger partial charge is 0.268 e. The molecule has 10 heteroatoms. The third-order valence-corrected chi connectivity index (χ3v) is 9.77. The lowest BCUT2D eigenvalue weighted by Crippen LogP contribution is -2.22. The lowest BCUT2D eigenvalue weighted by Gasteiger charge is -2.19. The molecule has 1 aromatic heterocycles. The zero-order chi connectivity index (χ0) is 26.3. The molecule has 190 valence electrons. The second-order valence-electron chi connectivity index (χ2n) is 7.34. The fourth-order valence-corrected chi connectivity index (χ4v) is 7.66. The molecule has 1 heterocycles. The van der Waals surface area contributed by atoms with E-state index in [1.807, 2.05) is 26.0 Å². The van der Waals surface area contributed by atoms with Gasteiger partial charge in [-0.2, -0.15) is 0 Å². The number of benzene rings is 3. The van der Waals surface area contributed by atoms with Crippen molar-refractivity contribution in [2.75, 3.05) is 20.3 Å². The summed E-state index contributed by atoms with van der Waals surface area (Å²) in [5.41, 5.74) is 0.334. The Kier molecular flexibility index (Phi) is 10.1. The highest BCUT2D eigenvalue weighted by atomic mass is 35.5. The Morgan fingerprint density at radius 2 is 1.58 bits per heavy atom. The van der Waals surface area contributed by atoms with E-state index >= 15 is 0 Å². The maximum Gasteiger partial charge on any atom is 0.268 e. The monoisotopic (exact) mass is 565 g/mol. The highest BCUT2D eigenvalue weighted by Gasteiger charge is 2.32. The molecule has 0 aliphatic carbocycles. The van der Waals surface area contributed by atoms with Crippen LogP contribution < -0.4 is 10.6 Å². The number of carbonyl (C=O) groups excluding carboxylic acids is 1. The van der Waals surface area contributed by atoms with Crippen molar-refractivity contribution in [2.45, 2.75) is 18.7 Å². The second kappa shape index (κ2) is 12.8. The van der Waals surface area contributed by atoms with Gasteiger partial charge in [-0.3, -0.25) is 4.79 Å². The third-order valence-electron chi connectivity index (χ3n) is 5.11. The summed E-state index contributed by atoms with van der Waals surface area (Å²) in [7, 11) is -4.01. The molecule has 0 bridgehead atoms. The van der Waals surface area contributed by atoms with E-state index in [4.69, 9.17) is 27.7 Å². The average Bonchev–Trinajstić information content (AvgIpc) is 3.22. The Labute approximate surface area is 222 Å². The van der Waals surface area contributed by atoms with Gasteiger partial charge in [-0.05, 0) is 50.2 Å². The number of hydrogen-bond acceptors (Lipinski definition) is 5. The van der Waals surface area contributed by atoms with Crippen molar-refractivity contribution in [1.29, 1.82) is 0 Å². The quantitative estimate of drug-likeness (QED) is 0.192. The van der Waals surface area contributed by atoms with Gasteiger partial charge in [0.1, 0.15) is 5.69 Å². The molecule has 6 nitrogen and oxygen atoms in total. The van der Waals surface area contributed by atoms with Gasteiger partial charge in [-0.1, -0.05) is 59.6 Å². The zero-order valence-electron chi connectivity index (χ0n) is 20.0. The predicted molar refractivity (Wildman–Crippen MR) is 148 cm³/mol. The summed E-state index contributed by atoms with van der Waals surface area (Å²) in [5, 5.41) is 2.56. The first-order valence-electron chi connectivity index (χ1n) is 11.1. The molecule has 0 aliphatic heterocycles. The zero-order valence-corrected chi connectivity index (χ0v) is 23.2. The molecule has 0 amide bonds. The molecular formula is C26H26Cl2NO5PS. The summed E-state index contributed by atoms with van der Waals surface area (Å²) < 4.78 is 38.9. The van der Waals surface area contributed by atoms with Crippen molar-refractivity contribution >= 4 is 69.2 Å². The van der Waals surface area contributed by atoms with E-state index < -0.39 is 18.2 Å². The summed E-state index contributed by atoms with van der Waals surface area (Å²) in [6.07, 6.45) is 0.551. The van der Waals surface area contributed by atoms with E-state index in [1.54, 1.807) is 55.6 Å². The van der Waals surface area contributed by atoms with Crippen molar-refractivity contribution in [3.05, 3.63) is 88.5 Å². The van der Waals surface area contributed by atoms with E-state index in [9.17, 15) is 13.2 Å². The third kappa shape index (κ3) is 5.83. The van der Waals surface area contributed by atoms with Gasteiger partial charge in [0.25, 0.3) is 10.0 Å². The van der Waals surface area contributed by atoms with Crippen LogP contribution in [-0.2, 0) is 19.3 Å². The Morgan fingerprint density at radius 3 is 2.17 bits per heavy atom.